The van der Waals surface area contributed by atoms with Crippen LogP contribution < -0.4 is 14.8 Å². The van der Waals surface area contributed by atoms with E-state index in [1.807, 2.05) is 6.92 Å². The highest BCUT2D eigenvalue weighted by Crippen LogP contribution is 2.21. The van der Waals surface area contributed by atoms with Gasteiger partial charge in [0.2, 0.25) is 10.0 Å². The summed E-state index contributed by atoms with van der Waals surface area (Å²) in [4.78, 5) is 0. The van der Waals surface area contributed by atoms with E-state index in [4.69, 9.17) is 10.5 Å². The van der Waals surface area contributed by atoms with E-state index in [1.165, 1.54) is 10.6 Å². The van der Waals surface area contributed by atoms with Crippen LogP contribution in [0, 0.1) is 0 Å². The largest absolute Gasteiger partial charge is 0.494 e. The van der Waals surface area contributed by atoms with Crippen molar-refractivity contribution in [2.24, 2.45) is 5.73 Å². The molecule has 1 aromatic rings. The van der Waals surface area contributed by atoms with Crippen LogP contribution in [0.2, 0.25) is 0 Å². The number of hydrogen-bond acceptors (Lipinski definition) is 4. The summed E-state index contributed by atoms with van der Waals surface area (Å²) >= 11 is 0. The average Bonchev–Trinajstić information content (AvgIpc) is 2.26. The molecule has 0 bridgehead atoms. The van der Waals surface area contributed by atoms with E-state index >= 15 is 0 Å². The van der Waals surface area contributed by atoms with Crippen molar-refractivity contribution in [3.05, 3.63) is 24.3 Å². The molecule has 0 aromatic heterocycles. The van der Waals surface area contributed by atoms with Gasteiger partial charge in [0.05, 0.1) is 18.6 Å². The topological polar surface area (TPSA) is 72.6 Å². The van der Waals surface area contributed by atoms with E-state index in [0.717, 1.165) is 5.75 Å². The van der Waals surface area contributed by atoms with Gasteiger partial charge in [0.25, 0.3) is 0 Å². The molecule has 1 rings (SSSR count). The third-order valence-corrected chi connectivity index (χ3v) is 3.36. The first-order chi connectivity index (χ1) is 7.99. The summed E-state index contributed by atoms with van der Waals surface area (Å²) in [5.41, 5.74) is 6.01. The number of rotatable bonds is 6. The molecule has 0 heterocycles. The lowest BCUT2D eigenvalue weighted by Gasteiger charge is -2.21. The van der Waals surface area contributed by atoms with E-state index in [-0.39, 0.29) is 13.1 Å². The maximum atomic E-state index is 11.6. The number of nitrogens with two attached hydrogens (primary N) is 1. The van der Waals surface area contributed by atoms with E-state index in [1.54, 1.807) is 24.3 Å². The summed E-state index contributed by atoms with van der Waals surface area (Å²) in [6.07, 6.45) is 1.17. The molecule has 5 nitrogen and oxygen atoms in total. The molecule has 96 valence electrons. The smallest absolute Gasteiger partial charge is 0.232 e. The van der Waals surface area contributed by atoms with Crippen molar-refractivity contribution in [2.45, 2.75) is 6.92 Å². The zero-order valence-electron chi connectivity index (χ0n) is 10.1. The minimum Gasteiger partial charge on any atom is -0.494 e. The number of ether oxygens (including phenoxy) is 1. The number of nitrogens with zero attached hydrogens (tertiary/aromatic N) is 1. The summed E-state index contributed by atoms with van der Waals surface area (Å²) < 4.78 is 29.7. The first-order valence-corrected chi connectivity index (χ1v) is 7.24. The molecular formula is C11H18N2O3S. The Bertz CT molecular complexity index is 442. The third-order valence-electron chi connectivity index (χ3n) is 2.17. The zero-order chi connectivity index (χ0) is 12.9. The summed E-state index contributed by atoms with van der Waals surface area (Å²) in [5.74, 6) is 0.720. The molecule has 2 N–H and O–H groups in total. The first kappa shape index (κ1) is 13.8. The summed E-state index contributed by atoms with van der Waals surface area (Å²) in [5, 5.41) is 0. The van der Waals surface area contributed by atoms with Gasteiger partial charge in [-0.05, 0) is 31.2 Å². The lowest BCUT2D eigenvalue weighted by Crippen LogP contribution is -2.34. The first-order valence-electron chi connectivity index (χ1n) is 5.39. The molecule has 0 radical (unpaired) electrons. The van der Waals surface area contributed by atoms with Crippen molar-refractivity contribution in [3.63, 3.8) is 0 Å². The van der Waals surface area contributed by atoms with Crippen molar-refractivity contribution in [2.75, 3.05) is 30.3 Å². The molecule has 6 heteroatoms. The Labute approximate surface area is 102 Å². The van der Waals surface area contributed by atoms with Gasteiger partial charge in [-0.2, -0.15) is 0 Å². The standard InChI is InChI=1S/C11H18N2O3S/c1-3-16-11-6-4-10(5-7-11)13(9-8-12)17(2,14)15/h4-7H,3,8-9,12H2,1-2H3. The van der Waals surface area contributed by atoms with Crippen molar-refractivity contribution in [1.29, 1.82) is 0 Å². The molecule has 0 atom stereocenters. The predicted molar refractivity (Wildman–Crippen MR) is 68.9 cm³/mol. The minimum atomic E-state index is -3.29. The van der Waals surface area contributed by atoms with E-state index in [9.17, 15) is 8.42 Å². The fourth-order valence-corrected chi connectivity index (χ4v) is 2.42. The molecule has 0 saturated carbocycles. The molecule has 1 aromatic carbocycles. The van der Waals surface area contributed by atoms with Crippen LogP contribution in [0.25, 0.3) is 0 Å². The van der Waals surface area contributed by atoms with E-state index in [2.05, 4.69) is 0 Å². The van der Waals surface area contributed by atoms with Gasteiger partial charge in [-0.15, -0.1) is 0 Å². The van der Waals surface area contributed by atoms with Crippen LogP contribution in [0.4, 0.5) is 5.69 Å². The normalized spacial score (nSPS) is 11.2. The fraction of sp³-hybridized carbons (Fsp3) is 0.455. The molecule has 0 aliphatic rings. The van der Waals surface area contributed by atoms with Crippen molar-refractivity contribution in [1.82, 2.24) is 0 Å². The van der Waals surface area contributed by atoms with E-state index < -0.39 is 10.0 Å². The van der Waals surface area contributed by atoms with Gasteiger partial charge < -0.3 is 10.5 Å². The van der Waals surface area contributed by atoms with Crippen LogP contribution in [0.5, 0.6) is 5.75 Å². The molecule has 0 unspecified atom stereocenters. The molecule has 0 fully saturated rings. The maximum absolute atomic E-state index is 11.6. The van der Waals surface area contributed by atoms with Gasteiger partial charge in [0, 0.05) is 13.1 Å². The molecule has 17 heavy (non-hydrogen) atoms. The third kappa shape index (κ3) is 3.90. The van der Waals surface area contributed by atoms with Gasteiger partial charge >= 0.3 is 0 Å². The zero-order valence-corrected chi connectivity index (χ0v) is 10.9. The quantitative estimate of drug-likeness (QED) is 0.819. The Kier molecular flexibility index (Phi) is 4.77. The monoisotopic (exact) mass is 258 g/mol. The Morgan fingerprint density at radius 1 is 1.29 bits per heavy atom. The Balaban J connectivity index is 2.96. The van der Waals surface area contributed by atoms with E-state index in [0.29, 0.717) is 12.3 Å². The number of anilines is 1. The van der Waals surface area contributed by atoms with Crippen LogP contribution in [0.1, 0.15) is 6.92 Å². The number of hydrogen-bond donors (Lipinski definition) is 1. The molecule has 0 amide bonds. The molecule has 0 aliphatic carbocycles. The van der Waals surface area contributed by atoms with Gasteiger partial charge in [-0.1, -0.05) is 0 Å². The highest BCUT2D eigenvalue weighted by molar-refractivity contribution is 7.92. The fourth-order valence-electron chi connectivity index (χ4n) is 1.48. The SMILES string of the molecule is CCOc1ccc(N(CCN)S(C)(=O)=O)cc1. The highest BCUT2D eigenvalue weighted by Gasteiger charge is 2.16. The lowest BCUT2D eigenvalue weighted by atomic mass is 10.3. The van der Waals surface area contributed by atoms with Crippen LogP contribution >= 0.6 is 0 Å². The summed E-state index contributed by atoms with van der Waals surface area (Å²) in [6, 6.07) is 6.91. The van der Waals surface area contributed by atoms with Crippen LogP contribution in [-0.2, 0) is 10.0 Å². The highest BCUT2D eigenvalue weighted by atomic mass is 32.2. The van der Waals surface area contributed by atoms with Crippen LogP contribution in [0.3, 0.4) is 0 Å². The Hall–Kier alpha value is -1.27. The van der Waals surface area contributed by atoms with Crippen molar-refractivity contribution >= 4 is 15.7 Å². The molecular weight excluding hydrogens is 240 g/mol. The Morgan fingerprint density at radius 3 is 2.29 bits per heavy atom. The molecule has 0 saturated heterocycles. The van der Waals surface area contributed by atoms with Gasteiger partial charge in [-0.25, -0.2) is 8.42 Å². The van der Waals surface area contributed by atoms with Crippen molar-refractivity contribution < 1.29 is 13.2 Å². The number of sulfonamides is 1. The van der Waals surface area contributed by atoms with Crippen LogP contribution in [0.15, 0.2) is 24.3 Å². The van der Waals surface area contributed by atoms with Crippen molar-refractivity contribution in [3.8, 4) is 5.75 Å². The number of benzene rings is 1. The molecule has 0 spiro atoms. The van der Waals surface area contributed by atoms with Gasteiger partial charge in [0.15, 0.2) is 0 Å². The van der Waals surface area contributed by atoms with Crippen LogP contribution in [-0.4, -0.2) is 34.4 Å². The average molecular weight is 258 g/mol. The maximum Gasteiger partial charge on any atom is 0.232 e. The van der Waals surface area contributed by atoms with Gasteiger partial charge in [0.1, 0.15) is 5.75 Å². The Morgan fingerprint density at radius 2 is 1.88 bits per heavy atom. The lowest BCUT2D eigenvalue weighted by molar-refractivity contribution is 0.340. The summed E-state index contributed by atoms with van der Waals surface area (Å²) in [6.45, 7) is 3.02. The molecule has 0 aliphatic heterocycles. The second-order valence-corrected chi connectivity index (χ2v) is 5.46. The minimum absolute atomic E-state index is 0.271. The summed E-state index contributed by atoms with van der Waals surface area (Å²) in [7, 11) is -3.29. The second kappa shape index (κ2) is 5.88. The predicted octanol–water partition coefficient (Wildman–Crippen LogP) is 0.810. The van der Waals surface area contributed by atoms with Gasteiger partial charge in [-0.3, -0.25) is 4.31 Å². The second-order valence-electron chi connectivity index (χ2n) is 3.55.